The number of nitrogens with zero attached hydrogens (tertiary/aromatic N) is 3. The molecule has 0 aliphatic carbocycles. The normalized spacial score (nSPS) is 14.2. The number of carbonyl (C=O) groups excluding carboxylic acids is 1. The van der Waals surface area contributed by atoms with Gasteiger partial charge in [-0.05, 0) is 26.0 Å². The average molecular weight is 410 g/mol. The van der Waals surface area contributed by atoms with E-state index in [1.54, 1.807) is 17.1 Å². The van der Waals surface area contributed by atoms with Gasteiger partial charge in [0.05, 0.1) is 6.54 Å². The Bertz CT molecular complexity index is 897. The number of rotatable bonds is 3. The monoisotopic (exact) mass is 409 g/mol. The number of hydrogen-bond donors (Lipinski definition) is 1. The minimum absolute atomic E-state index is 0.107. The van der Waals surface area contributed by atoms with E-state index in [9.17, 15) is 19.1 Å². The van der Waals surface area contributed by atoms with Crippen molar-refractivity contribution < 1.29 is 14.3 Å². The maximum absolute atomic E-state index is 14.2. The first-order valence-corrected chi connectivity index (χ1v) is 8.53. The second kappa shape index (κ2) is 6.51. The fourth-order valence-electron chi connectivity index (χ4n) is 2.77. The number of amides is 1. The summed E-state index contributed by atoms with van der Waals surface area (Å²) in [7, 11) is 0. The van der Waals surface area contributed by atoms with Gasteiger partial charge in [0, 0.05) is 28.3 Å². The van der Waals surface area contributed by atoms with Crippen LogP contribution in [0.15, 0.2) is 39.7 Å². The minimum Gasteiger partial charge on any atom is -0.502 e. The molecule has 1 aromatic heterocycles. The molecule has 0 atom stereocenters. The second-order valence-corrected chi connectivity index (χ2v) is 7.05. The van der Waals surface area contributed by atoms with Gasteiger partial charge < -0.3 is 10.0 Å². The molecule has 0 unspecified atom stereocenters. The summed E-state index contributed by atoms with van der Waals surface area (Å²) in [6.07, 6.45) is 1.42. The van der Waals surface area contributed by atoms with Crippen LogP contribution >= 0.6 is 15.9 Å². The lowest BCUT2D eigenvalue weighted by molar-refractivity contribution is 0.0627. The number of aromatic hydroxyl groups is 1. The van der Waals surface area contributed by atoms with Crippen LogP contribution in [0.25, 0.3) is 0 Å². The molecule has 0 radical (unpaired) electrons. The molecule has 1 N–H and O–H groups in total. The SMILES string of the molecule is CC(C)N1CN(Cc2ccc(Br)cc2F)n2ccc(=O)c(O)c2C1=O. The smallest absolute Gasteiger partial charge is 0.278 e. The van der Waals surface area contributed by atoms with Gasteiger partial charge in [0.1, 0.15) is 12.5 Å². The van der Waals surface area contributed by atoms with Gasteiger partial charge in [-0.3, -0.25) is 19.3 Å². The fourth-order valence-corrected chi connectivity index (χ4v) is 3.10. The summed E-state index contributed by atoms with van der Waals surface area (Å²) in [6, 6.07) is 5.79. The molecule has 3 rings (SSSR count). The van der Waals surface area contributed by atoms with Gasteiger partial charge in [-0.15, -0.1) is 0 Å². The zero-order valence-corrected chi connectivity index (χ0v) is 15.3. The molecule has 0 saturated carbocycles. The average Bonchev–Trinajstić information content (AvgIpc) is 2.54. The zero-order valence-electron chi connectivity index (χ0n) is 13.7. The van der Waals surface area contributed by atoms with Gasteiger partial charge in [0.15, 0.2) is 11.4 Å². The molecule has 0 bridgehead atoms. The number of aromatic nitrogens is 1. The molecule has 8 heteroatoms. The van der Waals surface area contributed by atoms with E-state index < -0.39 is 17.1 Å². The second-order valence-electron chi connectivity index (χ2n) is 6.13. The molecule has 1 aliphatic rings. The minimum atomic E-state index is -0.625. The van der Waals surface area contributed by atoms with Crippen molar-refractivity contribution in [2.75, 3.05) is 11.7 Å². The predicted octanol–water partition coefficient (Wildman–Crippen LogP) is 2.42. The molecule has 0 spiro atoms. The van der Waals surface area contributed by atoms with Crippen LogP contribution in [0, 0.1) is 5.82 Å². The van der Waals surface area contributed by atoms with E-state index in [1.807, 2.05) is 13.8 Å². The summed E-state index contributed by atoms with van der Waals surface area (Å²) in [5.41, 5.74) is -0.296. The van der Waals surface area contributed by atoms with Gasteiger partial charge in [0.25, 0.3) is 5.91 Å². The van der Waals surface area contributed by atoms with Crippen molar-refractivity contribution in [2.24, 2.45) is 0 Å². The van der Waals surface area contributed by atoms with Crippen molar-refractivity contribution in [1.29, 1.82) is 0 Å². The Hall–Kier alpha value is -2.35. The van der Waals surface area contributed by atoms with Gasteiger partial charge in [-0.1, -0.05) is 22.0 Å². The lowest BCUT2D eigenvalue weighted by Crippen LogP contribution is -2.55. The molecule has 1 amide bonds. The standard InChI is InChI=1S/C17H17BrFN3O3/c1-10(2)21-9-20(8-11-3-4-12(18)7-13(11)19)22-6-5-14(23)16(24)15(22)17(21)25/h3-7,10,24H,8-9H2,1-2H3. The number of fused-ring (bicyclic) bond motifs is 1. The highest BCUT2D eigenvalue weighted by atomic mass is 79.9. The summed E-state index contributed by atoms with van der Waals surface area (Å²) in [5, 5.41) is 11.8. The van der Waals surface area contributed by atoms with E-state index in [2.05, 4.69) is 15.9 Å². The Morgan fingerprint density at radius 2 is 2.00 bits per heavy atom. The topological polar surface area (TPSA) is 65.8 Å². The third-order valence-electron chi connectivity index (χ3n) is 4.13. The van der Waals surface area contributed by atoms with Crippen LogP contribution in [0.3, 0.4) is 0 Å². The highest BCUT2D eigenvalue weighted by Gasteiger charge is 2.33. The Morgan fingerprint density at radius 1 is 1.28 bits per heavy atom. The Kier molecular flexibility index (Phi) is 4.55. The van der Waals surface area contributed by atoms with Crippen molar-refractivity contribution in [3.05, 3.63) is 62.2 Å². The molecular formula is C17H17BrFN3O3. The number of carbonyl (C=O) groups is 1. The largest absolute Gasteiger partial charge is 0.502 e. The van der Waals surface area contributed by atoms with Crippen molar-refractivity contribution in [2.45, 2.75) is 26.4 Å². The molecule has 6 nitrogen and oxygen atoms in total. The van der Waals surface area contributed by atoms with E-state index in [0.717, 1.165) is 0 Å². The highest BCUT2D eigenvalue weighted by Crippen LogP contribution is 2.23. The Morgan fingerprint density at radius 3 is 2.64 bits per heavy atom. The Labute approximate surface area is 152 Å². The summed E-state index contributed by atoms with van der Waals surface area (Å²) in [5.74, 6) is -1.41. The quantitative estimate of drug-likeness (QED) is 0.845. The van der Waals surface area contributed by atoms with E-state index >= 15 is 0 Å². The van der Waals surface area contributed by atoms with Crippen molar-refractivity contribution >= 4 is 21.8 Å². The number of halogens is 2. The lowest BCUT2D eigenvalue weighted by Gasteiger charge is -2.41. The van der Waals surface area contributed by atoms with Crippen LogP contribution in [-0.2, 0) is 6.54 Å². The van der Waals surface area contributed by atoms with Crippen LogP contribution in [0.2, 0.25) is 0 Å². The number of pyridine rings is 1. The van der Waals surface area contributed by atoms with Crippen molar-refractivity contribution in [3.8, 4) is 5.75 Å². The van der Waals surface area contributed by atoms with Crippen LogP contribution in [0.1, 0.15) is 29.9 Å². The van der Waals surface area contributed by atoms with Gasteiger partial charge in [-0.25, -0.2) is 4.39 Å². The third-order valence-corrected chi connectivity index (χ3v) is 4.62. The third kappa shape index (κ3) is 3.13. The molecule has 25 heavy (non-hydrogen) atoms. The summed E-state index contributed by atoms with van der Waals surface area (Å²) in [6.45, 7) is 4.06. The van der Waals surface area contributed by atoms with Crippen molar-refractivity contribution in [3.63, 3.8) is 0 Å². The van der Waals surface area contributed by atoms with Gasteiger partial charge in [0.2, 0.25) is 5.43 Å². The Balaban J connectivity index is 2.08. The first-order chi connectivity index (χ1) is 11.8. The van der Waals surface area contributed by atoms with Gasteiger partial charge >= 0.3 is 0 Å². The summed E-state index contributed by atoms with van der Waals surface area (Å²) >= 11 is 3.22. The van der Waals surface area contributed by atoms with Crippen LogP contribution in [-0.4, -0.2) is 33.3 Å². The molecule has 1 aromatic carbocycles. The molecule has 0 saturated heterocycles. The van der Waals surface area contributed by atoms with Crippen LogP contribution in [0.4, 0.5) is 4.39 Å². The maximum atomic E-state index is 14.2. The maximum Gasteiger partial charge on any atom is 0.278 e. The first kappa shape index (κ1) is 17.5. The molecule has 0 fully saturated rings. The highest BCUT2D eigenvalue weighted by molar-refractivity contribution is 9.10. The molecule has 2 heterocycles. The first-order valence-electron chi connectivity index (χ1n) is 7.74. The molecule has 132 valence electrons. The lowest BCUT2D eigenvalue weighted by atomic mass is 10.2. The van der Waals surface area contributed by atoms with E-state index in [0.29, 0.717) is 10.0 Å². The van der Waals surface area contributed by atoms with E-state index in [4.69, 9.17) is 0 Å². The van der Waals surface area contributed by atoms with Crippen molar-refractivity contribution in [1.82, 2.24) is 9.58 Å². The van der Waals surface area contributed by atoms with Gasteiger partial charge in [-0.2, -0.15) is 0 Å². The molecular weight excluding hydrogens is 393 g/mol. The number of benzene rings is 1. The number of hydrogen-bond acceptors (Lipinski definition) is 4. The van der Waals surface area contributed by atoms with Crippen LogP contribution in [0.5, 0.6) is 5.75 Å². The zero-order chi connectivity index (χ0) is 18.3. The summed E-state index contributed by atoms with van der Waals surface area (Å²) < 4.78 is 16.3. The fraction of sp³-hybridized carbons (Fsp3) is 0.294. The van der Waals surface area contributed by atoms with E-state index in [1.165, 1.54) is 27.9 Å². The molecule has 1 aliphatic heterocycles. The molecule has 2 aromatic rings. The summed E-state index contributed by atoms with van der Waals surface area (Å²) in [4.78, 5) is 25.9. The van der Waals surface area contributed by atoms with Crippen LogP contribution < -0.4 is 10.4 Å². The predicted molar refractivity (Wildman–Crippen MR) is 94.6 cm³/mol. The van der Waals surface area contributed by atoms with E-state index in [-0.39, 0.29) is 30.8 Å².